The summed E-state index contributed by atoms with van der Waals surface area (Å²) >= 11 is 0. The smallest absolute Gasteiger partial charge is 0.251 e. The van der Waals surface area contributed by atoms with Crippen molar-refractivity contribution in [3.63, 3.8) is 0 Å². The Bertz CT molecular complexity index is 941. The maximum atomic E-state index is 12.3. The second kappa shape index (κ2) is 7.39. The van der Waals surface area contributed by atoms with Crippen LogP contribution in [0.25, 0.3) is 16.9 Å². The van der Waals surface area contributed by atoms with Crippen LogP contribution in [0.5, 0.6) is 0 Å². The molecule has 0 atom stereocenters. The molecule has 1 aliphatic carbocycles. The van der Waals surface area contributed by atoms with Crippen LogP contribution in [-0.4, -0.2) is 32.9 Å². The number of anilines is 1. The summed E-state index contributed by atoms with van der Waals surface area (Å²) in [5.74, 6) is 1.32. The van der Waals surface area contributed by atoms with Gasteiger partial charge in [0, 0.05) is 36.1 Å². The van der Waals surface area contributed by atoms with E-state index in [1.54, 1.807) is 6.20 Å². The van der Waals surface area contributed by atoms with Crippen LogP contribution in [0, 0.1) is 5.92 Å². The van der Waals surface area contributed by atoms with Gasteiger partial charge in [-0.25, -0.2) is 9.97 Å². The van der Waals surface area contributed by atoms with Crippen molar-refractivity contribution in [2.24, 2.45) is 5.92 Å². The van der Waals surface area contributed by atoms with E-state index >= 15 is 0 Å². The number of rotatable bonds is 6. The molecule has 0 saturated heterocycles. The first-order valence-corrected chi connectivity index (χ1v) is 9.59. The lowest BCUT2D eigenvalue weighted by Crippen LogP contribution is -2.39. The SMILES string of the molecule is CC(C)CNc1nccn2c(-c3ccc(C(=O)NC4CCC4)cc3)cnc12. The fourth-order valence-corrected chi connectivity index (χ4v) is 3.17. The number of nitrogens with one attached hydrogen (secondary N) is 2. The molecule has 3 aromatic rings. The average molecular weight is 363 g/mol. The molecule has 6 nitrogen and oxygen atoms in total. The number of benzene rings is 1. The van der Waals surface area contributed by atoms with E-state index in [2.05, 4.69) is 34.4 Å². The number of aromatic nitrogens is 3. The molecule has 1 fully saturated rings. The molecule has 1 amide bonds. The van der Waals surface area contributed by atoms with Crippen molar-refractivity contribution in [2.75, 3.05) is 11.9 Å². The third-order valence-electron chi connectivity index (χ3n) is 4.99. The third-order valence-corrected chi connectivity index (χ3v) is 4.99. The Kier molecular flexibility index (Phi) is 4.79. The van der Waals surface area contributed by atoms with Crippen molar-refractivity contribution in [1.82, 2.24) is 19.7 Å². The summed E-state index contributed by atoms with van der Waals surface area (Å²) in [6, 6.07) is 8.05. The van der Waals surface area contributed by atoms with E-state index in [9.17, 15) is 4.79 Å². The molecule has 2 aromatic heterocycles. The Hall–Kier alpha value is -2.89. The summed E-state index contributed by atoms with van der Waals surface area (Å²) in [7, 11) is 0. The molecule has 2 heterocycles. The Balaban J connectivity index is 1.57. The predicted molar refractivity (Wildman–Crippen MR) is 107 cm³/mol. The minimum atomic E-state index is 0.00811. The third kappa shape index (κ3) is 3.65. The fraction of sp³-hybridized carbons (Fsp3) is 0.381. The highest BCUT2D eigenvalue weighted by Crippen LogP contribution is 2.24. The van der Waals surface area contributed by atoms with Gasteiger partial charge in [0.05, 0.1) is 11.9 Å². The average Bonchev–Trinajstić information content (AvgIpc) is 3.07. The van der Waals surface area contributed by atoms with Crippen LogP contribution in [0.3, 0.4) is 0 Å². The Morgan fingerprint density at radius 1 is 1.22 bits per heavy atom. The van der Waals surface area contributed by atoms with Gasteiger partial charge in [-0.2, -0.15) is 0 Å². The quantitative estimate of drug-likeness (QED) is 0.700. The van der Waals surface area contributed by atoms with Crippen molar-refractivity contribution >= 4 is 17.4 Å². The largest absolute Gasteiger partial charge is 0.367 e. The highest BCUT2D eigenvalue weighted by atomic mass is 16.1. The highest BCUT2D eigenvalue weighted by Gasteiger charge is 2.20. The molecule has 140 valence electrons. The molecule has 0 bridgehead atoms. The highest BCUT2D eigenvalue weighted by molar-refractivity contribution is 5.94. The number of imidazole rings is 1. The van der Waals surface area contributed by atoms with Crippen LogP contribution in [0.1, 0.15) is 43.5 Å². The molecule has 1 saturated carbocycles. The number of carbonyl (C=O) groups is 1. The lowest BCUT2D eigenvalue weighted by atomic mass is 9.93. The molecule has 0 aliphatic heterocycles. The van der Waals surface area contributed by atoms with Crippen molar-refractivity contribution in [1.29, 1.82) is 0 Å². The standard InChI is InChI=1S/C21H25N5O/c1-14(2)12-23-19-20-24-13-18(26(20)11-10-22-19)15-6-8-16(9-7-15)21(27)25-17-4-3-5-17/h6-11,13-14,17H,3-5,12H2,1-2H3,(H,22,23)(H,25,27). The summed E-state index contributed by atoms with van der Waals surface area (Å²) < 4.78 is 2.03. The minimum Gasteiger partial charge on any atom is -0.367 e. The maximum absolute atomic E-state index is 12.3. The van der Waals surface area contributed by atoms with Gasteiger partial charge in [-0.05, 0) is 37.3 Å². The summed E-state index contributed by atoms with van der Waals surface area (Å²) in [4.78, 5) is 21.2. The number of nitrogens with zero attached hydrogens (tertiary/aromatic N) is 3. The van der Waals surface area contributed by atoms with Crippen LogP contribution >= 0.6 is 0 Å². The summed E-state index contributed by atoms with van der Waals surface area (Å²) in [5.41, 5.74) is 3.50. The first-order chi connectivity index (χ1) is 13.1. The number of amides is 1. The minimum absolute atomic E-state index is 0.00811. The summed E-state index contributed by atoms with van der Waals surface area (Å²) in [6.45, 7) is 5.17. The summed E-state index contributed by atoms with van der Waals surface area (Å²) in [5, 5.41) is 6.43. The number of hydrogen-bond donors (Lipinski definition) is 2. The molecule has 1 aromatic carbocycles. The molecule has 6 heteroatoms. The van der Waals surface area contributed by atoms with Crippen LogP contribution in [-0.2, 0) is 0 Å². The molecule has 0 spiro atoms. The maximum Gasteiger partial charge on any atom is 0.251 e. The van der Waals surface area contributed by atoms with E-state index in [1.165, 1.54) is 6.42 Å². The normalized spacial score (nSPS) is 14.3. The van der Waals surface area contributed by atoms with Crippen molar-refractivity contribution < 1.29 is 4.79 Å². The summed E-state index contributed by atoms with van der Waals surface area (Å²) in [6.07, 6.45) is 8.93. The first-order valence-electron chi connectivity index (χ1n) is 9.59. The monoisotopic (exact) mass is 363 g/mol. The van der Waals surface area contributed by atoms with E-state index in [0.29, 0.717) is 17.5 Å². The molecule has 2 N–H and O–H groups in total. The lowest BCUT2D eigenvalue weighted by molar-refractivity contribution is 0.0917. The Morgan fingerprint density at radius 3 is 2.67 bits per heavy atom. The topological polar surface area (TPSA) is 71.3 Å². The molecule has 27 heavy (non-hydrogen) atoms. The molecule has 0 radical (unpaired) electrons. The lowest BCUT2D eigenvalue weighted by Gasteiger charge is -2.26. The van der Waals surface area contributed by atoms with Gasteiger partial charge in [0.15, 0.2) is 11.5 Å². The van der Waals surface area contributed by atoms with Gasteiger partial charge in [0.1, 0.15) is 0 Å². The van der Waals surface area contributed by atoms with Crippen molar-refractivity contribution in [3.8, 4) is 11.3 Å². The van der Waals surface area contributed by atoms with E-state index in [1.807, 2.05) is 41.1 Å². The predicted octanol–water partition coefficient (Wildman–Crippen LogP) is 3.75. The molecular formula is C21H25N5O. The van der Waals surface area contributed by atoms with Gasteiger partial charge >= 0.3 is 0 Å². The van der Waals surface area contributed by atoms with Crippen LogP contribution in [0.15, 0.2) is 42.9 Å². The number of carbonyl (C=O) groups excluding carboxylic acids is 1. The molecule has 1 aliphatic rings. The Labute approximate surface area is 159 Å². The van der Waals surface area contributed by atoms with Crippen LogP contribution < -0.4 is 10.6 Å². The zero-order valence-corrected chi connectivity index (χ0v) is 15.8. The van der Waals surface area contributed by atoms with Crippen LogP contribution in [0.2, 0.25) is 0 Å². The first kappa shape index (κ1) is 17.5. The van der Waals surface area contributed by atoms with Crippen molar-refractivity contribution in [2.45, 2.75) is 39.2 Å². The molecule has 0 unspecified atom stereocenters. The van der Waals surface area contributed by atoms with E-state index in [4.69, 9.17) is 0 Å². The zero-order chi connectivity index (χ0) is 18.8. The van der Waals surface area contributed by atoms with Gasteiger partial charge in [-0.3, -0.25) is 9.20 Å². The van der Waals surface area contributed by atoms with Crippen LogP contribution in [0.4, 0.5) is 5.82 Å². The molecular weight excluding hydrogens is 338 g/mol. The zero-order valence-electron chi connectivity index (χ0n) is 15.8. The molecule has 4 rings (SSSR count). The van der Waals surface area contributed by atoms with E-state index < -0.39 is 0 Å². The number of hydrogen-bond acceptors (Lipinski definition) is 4. The second-order valence-corrected chi connectivity index (χ2v) is 7.57. The Morgan fingerprint density at radius 2 is 2.00 bits per heavy atom. The number of fused-ring (bicyclic) bond motifs is 1. The van der Waals surface area contributed by atoms with Gasteiger partial charge in [0.25, 0.3) is 5.91 Å². The van der Waals surface area contributed by atoms with Gasteiger partial charge in [0.2, 0.25) is 0 Å². The van der Waals surface area contributed by atoms with Gasteiger partial charge < -0.3 is 10.6 Å². The van der Waals surface area contributed by atoms with Gasteiger partial charge in [-0.15, -0.1) is 0 Å². The second-order valence-electron chi connectivity index (χ2n) is 7.57. The van der Waals surface area contributed by atoms with Gasteiger partial charge in [-0.1, -0.05) is 26.0 Å². The van der Waals surface area contributed by atoms with Crippen molar-refractivity contribution in [3.05, 3.63) is 48.4 Å². The van der Waals surface area contributed by atoms with E-state index in [0.717, 1.165) is 42.1 Å². The van der Waals surface area contributed by atoms with E-state index in [-0.39, 0.29) is 5.91 Å². The fourth-order valence-electron chi connectivity index (χ4n) is 3.17.